The number of nitrogens with one attached hydrogen (secondary N) is 1. The Morgan fingerprint density at radius 2 is 2.20 bits per heavy atom. The van der Waals surface area contributed by atoms with Crippen LogP contribution in [-0.2, 0) is 6.54 Å². The van der Waals surface area contributed by atoms with Gasteiger partial charge in [-0.3, -0.25) is 0 Å². The molecule has 0 atom stereocenters. The van der Waals surface area contributed by atoms with Crippen LogP contribution in [0.15, 0.2) is 18.2 Å². The van der Waals surface area contributed by atoms with Gasteiger partial charge in [-0.05, 0) is 32.0 Å². The van der Waals surface area contributed by atoms with Gasteiger partial charge in [-0.1, -0.05) is 6.92 Å². The minimum absolute atomic E-state index is 0.300. The Hall–Kier alpha value is -1.46. The number of ether oxygens (including phenoxy) is 1. The zero-order valence-corrected chi connectivity index (χ0v) is 12.8. The minimum atomic E-state index is -0.300. The number of hydrogen-bond acceptors (Lipinski definition) is 4. The number of halogens is 1. The van der Waals surface area contributed by atoms with E-state index in [-0.39, 0.29) is 5.82 Å². The average Bonchev–Trinajstić information content (AvgIpc) is 2.80. The van der Waals surface area contributed by atoms with Crippen molar-refractivity contribution >= 4 is 11.3 Å². The zero-order chi connectivity index (χ0) is 14.5. The van der Waals surface area contributed by atoms with Crippen molar-refractivity contribution in [3.05, 3.63) is 34.6 Å². The van der Waals surface area contributed by atoms with E-state index < -0.39 is 0 Å². The number of rotatable bonds is 6. The highest BCUT2D eigenvalue weighted by molar-refractivity contribution is 7.15. The fourth-order valence-electron chi connectivity index (χ4n) is 1.88. The van der Waals surface area contributed by atoms with Crippen LogP contribution in [0.25, 0.3) is 10.6 Å². The highest BCUT2D eigenvalue weighted by atomic mass is 32.1. The van der Waals surface area contributed by atoms with Crippen molar-refractivity contribution in [2.24, 2.45) is 0 Å². The summed E-state index contributed by atoms with van der Waals surface area (Å²) in [5, 5.41) is 4.06. The van der Waals surface area contributed by atoms with E-state index in [4.69, 9.17) is 4.74 Å². The van der Waals surface area contributed by atoms with E-state index in [1.165, 1.54) is 24.5 Å². The van der Waals surface area contributed by atoms with Crippen molar-refractivity contribution < 1.29 is 9.13 Å². The SMILES string of the molecule is CCCNCc1sc(-c2ccc(OC)cc2F)nc1C. The second-order valence-electron chi connectivity index (χ2n) is 4.55. The van der Waals surface area contributed by atoms with Crippen molar-refractivity contribution in [3.8, 4) is 16.3 Å². The lowest BCUT2D eigenvalue weighted by atomic mass is 10.2. The van der Waals surface area contributed by atoms with Gasteiger partial charge in [0.05, 0.1) is 12.8 Å². The number of nitrogens with zero attached hydrogens (tertiary/aromatic N) is 1. The molecule has 2 rings (SSSR count). The summed E-state index contributed by atoms with van der Waals surface area (Å²) in [6, 6.07) is 4.86. The van der Waals surface area contributed by atoms with E-state index in [0.29, 0.717) is 11.3 Å². The molecule has 0 radical (unpaired) electrons. The number of benzene rings is 1. The Morgan fingerprint density at radius 3 is 2.85 bits per heavy atom. The summed E-state index contributed by atoms with van der Waals surface area (Å²) in [5.41, 5.74) is 1.49. The van der Waals surface area contributed by atoms with Gasteiger partial charge in [-0.15, -0.1) is 11.3 Å². The van der Waals surface area contributed by atoms with Crippen molar-refractivity contribution in [2.75, 3.05) is 13.7 Å². The summed E-state index contributed by atoms with van der Waals surface area (Å²) in [6.07, 6.45) is 1.10. The Kier molecular flexibility index (Phi) is 5.09. The van der Waals surface area contributed by atoms with Crippen molar-refractivity contribution in [2.45, 2.75) is 26.8 Å². The molecule has 0 fully saturated rings. The lowest BCUT2D eigenvalue weighted by Crippen LogP contribution is -2.13. The third-order valence-electron chi connectivity index (χ3n) is 3.01. The van der Waals surface area contributed by atoms with E-state index in [1.807, 2.05) is 6.92 Å². The van der Waals surface area contributed by atoms with Gasteiger partial charge in [0.15, 0.2) is 0 Å². The zero-order valence-electron chi connectivity index (χ0n) is 12.0. The number of hydrogen-bond donors (Lipinski definition) is 1. The van der Waals surface area contributed by atoms with E-state index in [2.05, 4.69) is 17.2 Å². The maximum atomic E-state index is 14.0. The molecule has 0 spiro atoms. The van der Waals surface area contributed by atoms with Crippen molar-refractivity contribution in [1.29, 1.82) is 0 Å². The highest BCUT2D eigenvalue weighted by Gasteiger charge is 2.13. The first-order valence-corrected chi connectivity index (χ1v) is 7.48. The Labute approximate surface area is 122 Å². The third-order valence-corrected chi connectivity index (χ3v) is 4.20. The maximum absolute atomic E-state index is 14.0. The van der Waals surface area contributed by atoms with Crippen molar-refractivity contribution in [3.63, 3.8) is 0 Å². The molecule has 0 aliphatic heterocycles. The smallest absolute Gasteiger partial charge is 0.137 e. The first-order chi connectivity index (χ1) is 9.65. The molecule has 0 unspecified atom stereocenters. The summed E-state index contributed by atoms with van der Waals surface area (Å²) in [6.45, 7) is 5.85. The summed E-state index contributed by atoms with van der Waals surface area (Å²) in [7, 11) is 1.53. The van der Waals surface area contributed by atoms with Gasteiger partial charge in [0, 0.05) is 23.1 Å². The van der Waals surface area contributed by atoms with Crippen LogP contribution in [0, 0.1) is 12.7 Å². The van der Waals surface area contributed by atoms with E-state index in [1.54, 1.807) is 12.1 Å². The number of methoxy groups -OCH3 is 1. The predicted molar refractivity (Wildman–Crippen MR) is 80.8 cm³/mol. The van der Waals surface area contributed by atoms with Crippen LogP contribution in [0.1, 0.15) is 23.9 Å². The van der Waals surface area contributed by atoms with Crippen molar-refractivity contribution in [1.82, 2.24) is 10.3 Å². The van der Waals surface area contributed by atoms with Gasteiger partial charge in [0.1, 0.15) is 16.6 Å². The number of thiazole rings is 1. The summed E-state index contributed by atoms with van der Waals surface area (Å²) in [5.74, 6) is 0.218. The molecule has 0 saturated carbocycles. The van der Waals surface area contributed by atoms with Crippen LogP contribution in [0.5, 0.6) is 5.75 Å². The number of aromatic nitrogens is 1. The van der Waals surface area contributed by atoms with Crippen LogP contribution < -0.4 is 10.1 Å². The Bertz CT molecular complexity index is 583. The van der Waals surface area contributed by atoms with Gasteiger partial charge in [0.25, 0.3) is 0 Å². The van der Waals surface area contributed by atoms with Gasteiger partial charge >= 0.3 is 0 Å². The topological polar surface area (TPSA) is 34.1 Å². The molecule has 1 heterocycles. The first kappa shape index (κ1) is 14.9. The molecule has 1 aromatic carbocycles. The lowest BCUT2D eigenvalue weighted by Gasteiger charge is -2.02. The molecular weight excluding hydrogens is 275 g/mol. The minimum Gasteiger partial charge on any atom is -0.497 e. The van der Waals surface area contributed by atoms with E-state index in [0.717, 1.165) is 35.1 Å². The molecule has 0 aliphatic rings. The standard InChI is InChI=1S/C15H19FN2OS/c1-4-7-17-9-14-10(2)18-15(20-14)12-6-5-11(19-3)8-13(12)16/h5-6,8,17H,4,7,9H2,1-3H3. The normalized spacial score (nSPS) is 10.8. The van der Waals surface area contributed by atoms with Crippen LogP contribution in [0.4, 0.5) is 4.39 Å². The molecule has 1 aromatic heterocycles. The van der Waals surface area contributed by atoms with Gasteiger partial charge < -0.3 is 10.1 Å². The molecule has 0 bridgehead atoms. The van der Waals surface area contributed by atoms with Crippen LogP contribution in [0.2, 0.25) is 0 Å². The van der Waals surface area contributed by atoms with Crippen LogP contribution in [-0.4, -0.2) is 18.6 Å². The lowest BCUT2D eigenvalue weighted by molar-refractivity contribution is 0.411. The summed E-state index contributed by atoms with van der Waals surface area (Å²) in [4.78, 5) is 5.63. The van der Waals surface area contributed by atoms with Crippen LogP contribution in [0.3, 0.4) is 0 Å². The molecule has 20 heavy (non-hydrogen) atoms. The van der Waals surface area contributed by atoms with E-state index in [9.17, 15) is 4.39 Å². The average molecular weight is 294 g/mol. The Balaban J connectivity index is 2.23. The largest absolute Gasteiger partial charge is 0.497 e. The third kappa shape index (κ3) is 3.35. The summed E-state index contributed by atoms with van der Waals surface area (Å²) < 4.78 is 19.1. The van der Waals surface area contributed by atoms with Gasteiger partial charge in [0.2, 0.25) is 0 Å². The quantitative estimate of drug-likeness (QED) is 0.824. The van der Waals surface area contributed by atoms with Gasteiger partial charge in [-0.2, -0.15) is 0 Å². The molecule has 108 valence electrons. The fraction of sp³-hybridized carbons (Fsp3) is 0.400. The molecule has 5 heteroatoms. The van der Waals surface area contributed by atoms with Gasteiger partial charge in [-0.25, -0.2) is 9.37 Å². The molecule has 0 amide bonds. The van der Waals surface area contributed by atoms with Crippen LogP contribution >= 0.6 is 11.3 Å². The number of aryl methyl sites for hydroxylation is 1. The highest BCUT2D eigenvalue weighted by Crippen LogP contribution is 2.31. The second kappa shape index (κ2) is 6.81. The first-order valence-electron chi connectivity index (χ1n) is 6.66. The maximum Gasteiger partial charge on any atom is 0.137 e. The second-order valence-corrected chi connectivity index (χ2v) is 5.63. The molecule has 1 N–H and O–H groups in total. The fourth-order valence-corrected chi connectivity index (χ4v) is 2.94. The molecule has 2 aromatic rings. The molecule has 3 nitrogen and oxygen atoms in total. The molecule has 0 aliphatic carbocycles. The molecule has 0 saturated heterocycles. The monoisotopic (exact) mass is 294 g/mol. The van der Waals surface area contributed by atoms with E-state index >= 15 is 0 Å². The molecular formula is C15H19FN2OS. The predicted octanol–water partition coefficient (Wildman–Crippen LogP) is 3.77. The Morgan fingerprint density at radius 1 is 1.40 bits per heavy atom. The summed E-state index contributed by atoms with van der Waals surface area (Å²) >= 11 is 1.54.